The number of anilines is 1. The first-order valence-electron chi connectivity index (χ1n) is 4.55. The van der Waals surface area contributed by atoms with Crippen LogP contribution >= 0.6 is 0 Å². The molecule has 3 aromatic rings. The summed E-state index contributed by atoms with van der Waals surface area (Å²) in [6.07, 6.45) is 0. The highest BCUT2D eigenvalue weighted by Gasteiger charge is 2.08. The van der Waals surface area contributed by atoms with Gasteiger partial charge >= 0.3 is 0 Å². The van der Waals surface area contributed by atoms with E-state index in [1.807, 2.05) is 31.3 Å². The first-order valence-corrected chi connectivity index (χ1v) is 4.55. The summed E-state index contributed by atoms with van der Waals surface area (Å²) in [5.41, 5.74) is 0.671. The Bertz CT molecular complexity index is 629. The van der Waals surface area contributed by atoms with Crippen LogP contribution in [0.15, 0.2) is 24.3 Å². The Kier molecular flexibility index (Phi) is 1.55. The third-order valence-electron chi connectivity index (χ3n) is 2.31. The van der Waals surface area contributed by atoms with E-state index in [0.717, 1.165) is 16.6 Å². The standard InChI is InChI=1S/C9H8N6/c1-10-8-6-4-2-3-5-7(6)9-11-13-14-15(9)12-8/h2-5H,1H3,(H,10,12). The van der Waals surface area contributed by atoms with Gasteiger partial charge < -0.3 is 5.32 Å². The molecule has 0 saturated heterocycles. The second kappa shape index (κ2) is 2.88. The zero-order valence-electron chi connectivity index (χ0n) is 8.05. The minimum Gasteiger partial charge on any atom is -0.371 e. The van der Waals surface area contributed by atoms with Gasteiger partial charge in [0, 0.05) is 17.8 Å². The average Bonchev–Trinajstić information content (AvgIpc) is 2.76. The van der Waals surface area contributed by atoms with Gasteiger partial charge in [-0.3, -0.25) is 0 Å². The molecule has 0 saturated carbocycles. The normalized spacial score (nSPS) is 11.0. The SMILES string of the molecule is CNc1nn2nnnc2c2ccccc12. The Balaban J connectivity index is 2.58. The third-order valence-corrected chi connectivity index (χ3v) is 2.31. The minimum atomic E-state index is 0.671. The van der Waals surface area contributed by atoms with Gasteiger partial charge in [-0.2, -0.15) is 0 Å². The number of nitrogens with zero attached hydrogens (tertiary/aromatic N) is 5. The van der Waals surface area contributed by atoms with E-state index in [2.05, 4.69) is 25.9 Å². The Morgan fingerprint density at radius 3 is 2.80 bits per heavy atom. The smallest absolute Gasteiger partial charge is 0.207 e. The molecule has 6 nitrogen and oxygen atoms in total. The molecule has 0 atom stereocenters. The second-order valence-corrected chi connectivity index (χ2v) is 3.14. The van der Waals surface area contributed by atoms with Crippen LogP contribution in [0, 0.1) is 0 Å². The fourth-order valence-corrected chi connectivity index (χ4v) is 1.63. The van der Waals surface area contributed by atoms with Crippen LogP contribution in [-0.4, -0.2) is 32.3 Å². The van der Waals surface area contributed by atoms with Crippen LogP contribution in [0.1, 0.15) is 0 Å². The molecule has 15 heavy (non-hydrogen) atoms. The summed E-state index contributed by atoms with van der Waals surface area (Å²) in [4.78, 5) is 0. The van der Waals surface area contributed by atoms with E-state index in [-0.39, 0.29) is 0 Å². The van der Waals surface area contributed by atoms with E-state index in [9.17, 15) is 0 Å². The van der Waals surface area contributed by atoms with Crippen LogP contribution in [0.5, 0.6) is 0 Å². The Morgan fingerprint density at radius 2 is 2.00 bits per heavy atom. The summed E-state index contributed by atoms with van der Waals surface area (Å²) >= 11 is 0. The molecule has 1 N–H and O–H groups in total. The van der Waals surface area contributed by atoms with Crippen LogP contribution in [0.3, 0.4) is 0 Å². The highest BCUT2D eigenvalue weighted by atomic mass is 15.6. The molecule has 1 aromatic carbocycles. The Labute approximate surface area is 84.9 Å². The molecule has 74 valence electrons. The van der Waals surface area contributed by atoms with E-state index >= 15 is 0 Å². The first kappa shape index (κ1) is 8.10. The van der Waals surface area contributed by atoms with Crippen molar-refractivity contribution in [2.75, 3.05) is 12.4 Å². The fraction of sp³-hybridized carbons (Fsp3) is 0.111. The summed E-state index contributed by atoms with van der Waals surface area (Å²) in [7, 11) is 1.82. The first-order chi connectivity index (χ1) is 7.40. The van der Waals surface area contributed by atoms with Gasteiger partial charge in [0.1, 0.15) is 0 Å². The number of tetrazole rings is 1. The summed E-state index contributed by atoms with van der Waals surface area (Å²) in [5.74, 6) is 0.769. The zero-order chi connectivity index (χ0) is 10.3. The fourth-order valence-electron chi connectivity index (χ4n) is 1.63. The van der Waals surface area contributed by atoms with Gasteiger partial charge in [-0.1, -0.05) is 24.3 Å². The maximum absolute atomic E-state index is 4.25. The number of benzene rings is 1. The molecular formula is C9H8N6. The van der Waals surface area contributed by atoms with Gasteiger partial charge in [-0.25, -0.2) is 0 Å². The molecule has 6 heteroatoms. The van der Waals surface area contributed by atoms with Crippen molar-refractivity contribution in [1.82, 2.24) is 25.3 Å². The van der Waals surface area contributed by atoms with Crippen LogP contribution < -0.4 is 5.32 Å². The van der Waals surface area contributed by atoms with Gasteiger partial charge in [-0.15, -0.1) is 14.8 Å². The van der Waals surface area contributed by atoms with E-state index in [1.54, 1.807) is 0 Å². The maximum atomic E-state index is 4.25. The van der Waals surface area contributed by atoms with E-state index < -0.39 is 0 Å². The quantitative estimate of drug-likeness (QED) is 0.626. The number of rotatable bonds is 1. The van der Waals surface area contributed by atoms with E-state index in [4.69, 9.17) is 0 Å². The predicted octanol–water partition coefficient (Wildman–Crippen LogP) is 0.714. The van der Waals surface area contributed by atoms with Crippen molar-refractivity contribution in [3.05, 3.63) is 24.3 Å². The van der Waals surface area contributed by atoms with Gasteiger partial charge in [0.25, 0.3) is 0 Å². The molecule has 0 aliphatic heterocycles. The molecule has 2 heterocycles. The number of hydrogen-bond acceptors (Lipinski definition) is 5. The Morgan fingerprint density at radius 1 is 1.20 bits per heavy atom. The summed E-state index contributed by atoms with van der Waals surface area (Å²) in [5, 5.41) is 20.6. The molecule has 0 unspecified atom stereocenters. The molecule has 0 radical (unpaired) electrons. The number of aromatic nitrogens is 5. The topological polar surface area (TPSA) is 68.0 Å². The third kappa shape index (κ3) is 1.04. The van der Waals surface area contributed by atoms with Crippen LogP contribution in [0.25, 0.3) is 16.4 Å². The highest BCUT2D eigenvalue weighted by Crippen LogP contribution is 2.22. The lowest BCUT2D eigenvalue weighted by Gasteiger charge is -2.04. The number of hydrogen-bond donors (Lipinski definition) is 1. The van der Waals surface area contributed by atoms with Crippen molar-refractivity contribution in [2.24, 2.45) is 0 Å². The van der Waals surface area contributed by atoms with Gasteiger partial charge in [0.05, 0.1) is 0 Å². The molecule has 0 fully saturated rings. The van der Waals surface area contributed by atoms with Crippen LogP contribution in [-0.2, 0) is 0 Å². The molecular weight excluding hydrogens is 192 g/mol. The lowest BCUT2D eigenvalue weighted by Crippen LogP contribution is -2.01. The van der Waals surface area contributed by atoms with Gasteiger partial charge in [0.15, 0.2) is 5.82 Å². The zero-order valence-corrected chi connectivity index (χ0v) is 8.05. The van der Waals surface area contributed by atoms with Crippen molar-refractivity contribution in [3.8, 4) is 0 Å². The lowest BCUT2D eigenvalue weighted by atomic mass is 10.2. The minimum absolute atomic E-state index is 0.671. The molecule has 0 amide bonds. The Hall–Kier alpha value is -2.24. The molecule has 0 aliphatic rings. The van der Waals surface area contributed by atoms with Crippen molar-refractivity contribution in [2.45, 2.75) is 0 Å². The molecule has 0 aliphatic carbocycles. The number of fused-ring (bicyclic) bond motifs is 3. The average molecular weight is 200 g/mol. The van der Waals surface area contributed by atoms with Gasteiger partial charge in [0.2, 0.25) is 5.65 Å². The largest absolute Gasteiger partial charge is 0.371 e. The lowest BCUT2D eigenvalue weighted by molar-refractivity contribution is 0.739. The maximum Gasteiger partial charge on any atom is 0.207 e. The molecule has 0 spiro atoms. The van der Waals surface area contributed by atoms with Crippen LogP contribution in [0.2, 0.25) is 0 Å². The summed E-state index contributed by atoms with van der Waals surface area (Å²) < 4.78 is 1.42. The van der Waals surface area contributed by atoms with Crippen molar-refractivity contribution in [1.29, 1.82) is 0 Å². The van der Waals surface area contributed by atoms with Crippen molar-refractivity contribution < 1.29 is 0 Å². The molecule has 3 rings (SSSR count). The van der Waals surface area contributed by atoms with Crippen molar-refractivity contribution >= 4 is 22.2 Å². The molecule has 0 bridgehead atoms. The molecule has 2 aromatic heterocycles. The number of nitrogens with one attached hydrogen (secondary N) is 1. The van der Waals surface area contributed by atoms with Crippen molar-refractivity contribution in [3.63, 3.8) is 0 Å². The summed E-state index contributed by atoms with van der Waals surface area (Å²) in [6.45, 7) is 0. The van der Waals surface area contributed by atoms with E-state index in [1.165, 1.54) is 4.63 Å². The predicted molar refractivity (Wildman–Crippen MR) is 55.6 cm³/mol. The highest BCUT2D eigenvalue weighted by molar-refractivity contribution is 5.99. The second-order valence-electron chi connectivity index (χ2n) is 3.14. The monoisotopic (exact) mass is 200 g/mol. The van der Waals surface area contributed by atoms with Crippen LogP contribution in [0.4, 0.5) is 5.82 Å². The summed E-state index contributed by atoms with van der Waals surface area (Å²) in [6, 6.07) is 7.88. The van der Waals surface area contributed by atoms with E-state index in [0.29, 0.717) is 5.65 Å². The van der Waals surface area contributed by atoms with Gasteiger partial charge in [-0.05, 0) is 10.4 Å².